The predicted molar refractivity (Wildman–Crippen MR) is 76.2 cm³/mol. The topological polar surface area (TPSA) is 88.1 Å². The number of nitrogens with zero attached hydrogens (tertiary/aromatic N) is 4. The molecule has 0 unspecified atom stereocenters. The van der Waals surface area contributed by atoms with Gasteiger partial charge in [0, 0.05) is 14.1 Å². The van der Waals surface area contributed by atoms with Crippen LogP contribution in [-0.2, 0) is 23.6 Å². The average molecular weight is 294 g/mol. The largest absolute Gasteiger partial charge is 0.464 e. The van der Waals surface area contributed by atoms with Gasteiger partial charge in [-0.25, -0.2) is 14.6 Å². The van der Waals surface area contributed by atoms with E-state index in [1.165, 1.54) is 29.6 Å². The van der Waals surface area contributed by atoms with Crippen molar-refractivity contribution in [2.45, 2.75) is 26.3 Å². The van der Waals surface area contributed by atoms with Crippen LogP contribution in [0.5, 0.6) is 0 Å². The molecule has 2 heterocycles. The van der Waals surface area contributed by atoms with Crippen molar-refractivity contribution in [2.24, 2.45) is 14.1 Å². The van der Waals surface area contributed by atoms with E-state index in [0.29, 0.717) is 6.61 Å². The Morgan fingerprint density at radius 3 is 2.62 bits per heavy atom. The van der Waals surface area contributed by atoms with Gasteiger partial charge in [-0.05, 0) is 13.3 Å². The summed E-state index contributed by atoms with van der Waals surface area (Å²) in [5, 5.41) is 0. The highest BCUT2D eigenvalue weighted by molar-refractivity contribution is 5.78. The molecule has 2 aromatic rings. The fourth-order valence-electron chi connectivity index (χ4n) is 2.09. The number of fused-ring (bicyclic) bond motifs is 1. The predicted octanol–water partition coefficient (Wildman–Crippen LogP) is -0.0521. The minimum Gasteiger partial charge on any atom is -0.464 e. The normalized spacial score (nSPS) is 12.6. The van der Waals surface area contributed by atoms with Crippen LogP contribution in [0, 0.1) is 0 Å². The Labute approximate surface area is 120 Å². The molecule has 0 aliphatic rings. The molecule has 0 amide bonds. The zero-order chi connectivity index (χ0) is 15.7. The van der Waals surface area contributed by atoms with Gasteiger partial charge < -0.3 is 9.30 Å². The van der Waals surface area contributed by atoms with Gasteiger partial charge in [0.05, 0.1) is 12.9 Å². The van der Waals surface area contributed by atoms with E-state index in [1.54, 1.807) is 6.92 Å². The Hall–Kier alpha value is -2.38. The number of hydrogen-bond donors (Lipinski definition) is 0. The molecule has 0 bridgehead atoms. The first kappa shape index (κ1) is 15.0. The average Bonchev–Trinajstić information content (AvgIpc) is 2.92. The highest BCUT2D eigenvalue weighted by atomic mass is 16.5. The fraction of sp³-hybridized carbons (Fsp3) is 0.538. The summed E-state index contributed by atoms with van der Waals surface area (Å²) in [7, 11) is 2.92. The van der Waals surface area contributed by atoms with Crippen LogP contribution in [0.4, 0.5) is 0 Å². The molecule has 114 valence electrons. The third kappa shape index (κ3) is 2.37. The van der Waals surface area contributed by atoms with Crippen molar-refractivity contribution in [3.05, 3.63) is 27.2 Å². The van der Waals surface area contributed by atoms with Crippen LogP contribution in [0.25, 0.3) is 11.2 Å². The molecule has 0 N–H and O–H groups in total. The van der Waals surface area contributed by atoms with Crippen LogP contribution in [0.2, 0.25) is 0 Å². The van der Waals surface area contributed by atoms with Gasteiger partial charge in [-0.3, -0.25) is 13.9 Å². The number of aryl methyl sites for hydroxylation is 1. The zero-order valence-electron chi connectivity index (χ0n) is 12.5. The van der Waals surface area contributed by atoms with E-state index in [4.69, 9.17) is 4.74 Å². The maximum Gasteiger partial charge on any atom is 0.332 e. The Morgan fingerprint density at radius 1 is 1.33 bits per heavy atom. The van der Waals surface area contributed by atoms with E-state index in [-0.39, 0.29) is 11.2 Å². The number of rotatable bonds is 4. The molecule has 0 fully saturated rings. The summed E-state index contributed by atoms with van der Waals surface area (Å²) in [6, 6.07) is -0.688. The minimum absolute atomic E-state index is 0.209. The lowest BCUT2D eigenvalue weighted by Gasteiger charge is -2.13. The zero-order valence-corrected chi connectivity index (χ0v) is 12.5. The van der Waals surface area contributed by atoms with Gasteiger partial charge >= 0.3 is 11.7 Å². The third-order valence-electron chi connectivity index (χ3n) is 3.38. The van der Waals surface area contributed by atoms with E-state index in [0.717, 1.165) is 11.0 Å². The Kier molecular flexibility index (Phi) is 3.97. The number of esters is 1. The van der Waals surface area contributed by atoms with Gasteiger partial charge in [-0.1, -0.05) is 6.92 Å². The fourth-order valence-corrected chi connectivity index (χ4v) is 2.09. The molecule has 1 atom stereocenters. The van der Waals surface area contributed by atoms with Crippen LogP contribution < -0.4 is 11.2 Å². The molecule has 0 aliphatic heterocycles. The van der Waals surface area contributed by atoms with Gasteiger partial charge in [0.2, 0.25) is 0 Å². The van der Waals surface area contributed by atoms with Crippen molar-refractivity contribution in [3.8, 4) is 0 Å². The van der Waals surface area contributed by atoms with Gasteiger partial charge in [-0.15, -0.1) is 0 Å². The first-order valence-corrected chi connectivity index (χ1v) is 6.69. The minimum atomic E-state index is -0.688. The van der Waals surface area contributed by atoms with E-state index in [9.17, 15) is 14.4 Å². The van der Waals surface area contributed by atoms with Gasteiger partial charge in [-0.2, -0.15) is 0 Å². The lowest BCUT2D eigenvalue weighted by Crippen LogP contribution is -2.38. The second kappa shape index (κ2) is 5.55. The lowest BCUT2D eigenvalue weighted by molar-refractivity contribution is -0.147. The Morgan fingerprint density at radius 2 is 2.00 bits per heavy atom. The molecule has 21 heavy (non-hydrogen) atoms. The summed E-state index contributed by atoms with van der Waals surface area (Å²) in [4.78, 5) is 40.1. The summed E-state index contributed by atoms with van der Waals surface area (Å²) >= 11 is 0. The second-order valence-corrected chi connectivity index (χ2v) is 4.87. The number of carbonyl (C=O) groups is 1. The van der Waals surface area contributed by atoms with E-state index < -0.39 is 23.3 Å². The SMILES string of the molecule is CCCOC(=O)[C@H](C)n1cnc2c1c(=O)n(C)c(=O)n2C. The first-order valence-electron chi connectivity index (χ1n) is 6.69. The van der Waals surface area contributed by atoms with Crippen molar-refractivity contribution in [2.75, 3.05) is 6.61 Å². The quantitative estimate of drug-likeness (QED) is 0.738. The molecule has 8 nitrogen and oxygen atoms in total. The molecule has 0 spiro atoms. The second-order valence-electron chi connectivity index (χ2n) is 4.87. The summed E-state index contributed by atoms with van der Waals surface area (Å²) in [5.41, 5.74) is -0.488. The van der Waals surface area contributed by atoms with Crippen LogP contribution in [-0.4, -0.2) is 31.3 Å². The molecular formula is C13H18N4O4. The van der Waals surface area contributed by atoms with E-state index in [1.807, 2.05) is 6.92 Å². The lowest BCUT2D eigenvalue weighted by atomic mass is 10.3. The van der Waals surface area contributed by atoms with Crippen LogP contribution >= 0.6 is 0 Å². The Bertz CT molecular complexity index is 799. The van der Waals surface area contributed by atoms with Crippen LogP contribution in [0.15, 0.2) is 15.9 Å². The first-order chi connectivity index (χ1) is 9.90. The molecular weight excluding hydrogens is 276 g/mol. The third-order valence-corrected chi connectivity index (χ3v) is 3.38. The molecule has 0 saturated carbocycles. The number of hydrogen-bond acceptors (Lipinski definition) is 5. The smallest absolute Gasteiger partial charge is 0.332 e. The Balaban J connectivity index is 2.60. The van der Waals surface area contributed by atoms with Gasteiger partial charge in [0.15, 0.2) is 11.2 Å². The number of carbonyl (C=O) groups excluding carboxylic acids is 1. The molecule has 8 heteroatoms. The van der Waals surface area contributed by atoms with Crippen molar-refractivity contribution in [1.29, 1.82) is 0 Å². The number of aromatic nitrogens is 4. The summed E-state index contributed by atoms with van der Waals surface area (Å²) in [6.45, 7) is 3.85. The van der Waals surface area contributed by atoms with E-state index >= 15 is 0 Å². The van der Waals surface area contributed by atoms with Crippen LogP contribution in [0.1, 0.15) is 26.3 Å². The summed E-state index contributed by atoms with van der Waals surface area (Å²) < 4.78 is 8.79. The van der Waals surface area contributed by atoms with Crippen molar-refractivity contribution >= 4 is 17.1 Å². The maximum atomic E-state index is 12.3. The number of ether oxygens (including phenoxy) is 1. The number of imidazole rings is 1. The molecule has 0 aliphatic carbocycles. The molecule has 0 saturated heterocycles. The standard InChI is InChI=1S/C13H18N4O4/c1-5-6-21-12(19)8(2)17-7-14-10-9(17)11(18)16(4)13(20)15(10)3/h7-8H,5-6H2,1-4H3/t8-/m0/s1. The monoisotopic (exact) mass is 294 g/mol. The van der Waals surface area contributed by atoms with E-state index in [2.05, 4.69) is 4.98 Å². The highest BCUT2D eigenvalue weighted by Crippen LogP contribution is 2.14. The highest BCUT2D eigenvalue weighted by Gasteiger charge is 2.22. The van der Waals surface area contributed by atoms with Crippen molar-refractivity contribution in [1.82, 2.24) is 18.7 Å². The van der Waals surface area contributed by atoms with Crippen LogP contribution in [0.3, 0.4) is 0 Å². The molecule has 0 radical (unpaired) electrons. The molecule has 2 rings (SSSR count). The molecule has 2 aromatic heterocycles. The summed E-state index contributed by atoms with van der Waals surface area (Å²) in [6.07, 6.45) is 2.10. The van der Waals surface area contributed by atoms with Gasteiger partial charge in [0.1, 0.15) is 6.04 Å². The van der Waals surface area contributed by atoms with Crippen molar-refractivity contribution < 1.29 is 9.53 Å². The van der Waals surface area contributed by atoms with Crippen molar-refractivity contribution in [3.63, 3.8) is 0 Å². The van der Waals surface area contributed by atoms with Gasteiger partial charge in [0.25, 0.3) is 5.56 Å². The maximum absolute atomic E-state index is 12.3. The molecule has 0 aromatic carbocycles. The summed E-state index contributed by atoms with van der Waals surface area (Å²) in [5.74, 6) is -0.438.